The third-order valence-electron chi connectivity index (χ3n) is 8.00. The maximum atomic E-state index is 13.3. The van der Waals surface area contributed by atoms with Gasteiger partial charge in [0.2, 0.25) is 11.8 Å². The summed E-state index contributed by atoms with van der Waals surface area (Å²) in [6.07, 6.45) is 3.40. The molecule has 0 radical (unpaired) electrons. The molecule has 220 valence electrons. The van der Waals surface area contributed by atoms with Crippen LogP contribution < -0.4 is 15.4 Å². The molecule has 4 aromatic rings. The Morgan fingerprint density at radius 3 is 2.55 bits per heavy atom. The molecule has 0 saturated heterocycles. The third-order valence-corrected chi connectivity index (χ3v) is 8.00. The lowest BCUT2D eigenvalue weighted by molar-refractivity contribution is -0.137. The van der Waals surface area contributed by atoms with Gasteiger partial charge in [0.05, 0.1) is 29.1 Å². The molecule has 10 nitrogen and oxygen atoms in total. The topological polar surface area (TPSA) is 112 Å². The normalized spacial score (nSPS) is 15.0. The molecule has 42 heavy (non-hydrogen) atoms. The van der Waals surface area contributed by atoms with E-state index in [2.05, 4.69) is 9.88 Å². The number of carbonyl (C=O) groups is 2. The Balaban J connectivity index is 1.47. The standard InChI is InChI=1S/C32H37N5O5/c1-6-37-26-10-9-22(17-27(26)34(5)30(40)32(3,4)31(37)41)18-35(19-23-8-7-12-33-25(23)20-38)14-15-36-13-11-28-24(29(36)39)16-21(2)42-28/h7-13,16-17,38H,6,14-15,18-20H2,1-5H3. The molecular formula is C32H37N5O5. The molecular weight excluding hydrogens is 534 g/mol. The van der Waals surface area contributed by atoms with Crippen LogP contribution in [0.25, 0.3) is 11.0 Å². The quantitative estimate of drug-likeness (QED) is 0.304. The van der Waals surface area contributed by atoms with Crippen molar-refractivity contribution >= 4 is 34.2 Å². The molecule has 0 spiro atoms. The Labute approximate surface area is 244 Å². The molecule has 1 N–H and O–H groups in total. The van der Waals surface area contributed by atoms with Crippen LogP contribution >= 0.6 is 0 Å². The first-order chi connectivity index (χ1) is 20.0. The van der Waals surface area contributed by atoms with Gasteiger partial charge in [0, 0.05) is 52.2 Å². The van der Waals surface area contributed by atoms with Crippen LogP contribution in [0.15, 0.2) is 64.1 Å². The van der Waals surface area contributed by atoms with Crippen LogP contribution in [0, 0.1) is 12.3 Å². The average Bonchev–Trinajstić information content (AvgIpc) is 3.36. The number of pyridine rings is 2. The van der Waals surface area contributed by atoms with Gasteiger partial charge in [-0.2, -0.15) is 0 Å². The van der Waals surface area contributed by atoms with E-state index in [-0.39, 0.29) is 24.0 Å². The molecule has 1 aromatic carbocycles. The SMILES string of the molecule is CCN1C(=O)C(C)(C)C(=O)N(C)c2cc(CN(CCn3ccc4oc(C)cc4c3=O)Cc3cccnc3CO)ccc21. The van der Waals surface area contributed by atoms with E-state index in [9.17, 15) is 19.5 Å². The fraction of sp³-hybridized carbons (Fsp3) is 0.375. The molecule has 3 aromatic heterocycles. The monoisotopic (exact) mass is 571 g/mol. The summed E-state index contributed by atoms with van der Waals surface area (Å²) < 4.78 is 7.29. The predicted octanol–water partition coefficient (Wildman–Crippen LogP) is 3.85. The van der Waals surface area contributed by atoms with Crippen molar-refractivity contribution in [3.05, 3.63) is 87.8 Å². The number of aryl methyl sites for hydroxylation is 1. The van der Waals surface area contributed by atoms with Gasteiger partial charge in [-0.05, 0) is 69.2 Å². The first-order valence-corrected chi connectivity index (χ1v) is 14.1. The van der Waals surface area contributed by atoms with Gasteiger partial charge in [-0.3, -0.25) is 24.3 Å². The number of anilines is 2. The minimum absolute atomic E-state index is 0.112. The van der Waals surface area contributed by atoms with Crippen molar-refractivity contribution in [2.24, 2.45) is 5.41 Å². The van der Waals surface area contributed by atoms with E-state index in [0.29, 0.717) is 66.5 Å². The Morgan fingerprint density at radius 1 is 1.02 bits per heavy atom. The zero-order valence-corrected chi connectivity index (χ0v) is 24.8. The van der Waals surface area contributed by atoms with E-state index in [1.807, 2.05) is 44.2 Å². The molecule has 10 heteroatoms. The highest BCUT2D eigenvalue weighted by molar-refractivity contribution is 6.19. The number of carbonyl (C=O) groups excluding carboxylic acids is 2. The molecule has 4 heterocycles. The first-order valence-electron chi connectivity index (χ1n) is 14.1. The van der Waals surface area contributed by atoms with Gasteiger partial charge in [0.15, 0.2) is 0 Å². The van der Waals surface area contributed by atoms with Crippen molar-refractivity contribution in [2.75, 3.05) is 29.9 Å². The number of nitrogens with zero attached hydrogens (tertiary/aromatic N) is 5. The minimum atomic E-state index is -1.18. The highest BCUT2D eigenvalue weighted by Crippen LogP contribution is 2.39. The zero-order chi connectivity index (χ0) is 30.2. The van der Waals surface area contributed by atoms with E-state index < -0.39 is 5.41 Å². The predicted molar refractivity (Wildman–Crippen MR) is 161 cm³/mol. The van der Waals surface area contributed by atoms with Crippen LogP contribution in [0.5, 0.6) is 0 Å². The van der Waals surface area contributed by atoms with Gasteiger partial charge in [-0.25, -0.2) is 0 Å². The second-order valence-electron chi connectivity index (χ2n) is 11.3. The molecule has 0 unspecified atom stereocenters. The van der Waals surface area contributed by atoms with Crippen LogP contribution in [0.3, 0.4) is 0 Å². The fourth-order valence-electron chi connectivity index (χ4n) is 5.64. The van der Waals surface area contributed by atoms with Crippen LogP contribution in [-0.4, -0.2) is 51.5 Å². The van der Waals surface area contributed by atoms with E-state index in [0.717, 1.165) is 11.1 Å². The Bertz CT molecular complexity index is 1710. The van der Waals surface area contributed by atoms with Gasteiger partial charge in [-0.1, -0.05) is 12.1 Å². The van der Waals surface area contributed by atoms with Gasteiger partial charge in [0.1, 0.15) is 16.8 Å². The number of hydrogen-bond acceptors (Lipinski definition) is 7. The molecule has 0 bridgehead atoms. The number of rotatable bonds is 9. The van der Waals surface area contributed by atoms with Crippen molar-refractivity contribution in [1.82, 2.24) is 14.5 Å². The van der Waals surface area contributed by atoms with Gasteiger partial charge in [-0.15, -0.1) is 0 Å². The minimum Gasteiger partial charge on any atom is -0.461 e. The summed E-state index contributed by atoms with van der Waals surface area (Å²) in [4.78, 5) is 49.5. The average molecular weight is 572 g/mol. The molecule has 1 aliphatic heterocycles. The number of benzene rings is 1. The Hall–Kier alpha value is -4.28. The first kappa shape index (κ1) is 29.2. The summed E-state index contributed by atoms with van der Waals surface area (Å²) in [6, 6.07) is 13.2. The number of amides is 2. The fourth-order valence-corrected chi connectivity index (χ4v) is 5.64. The summed E-state index contributed by atoms with van der Waals surface area (Å²) in [6.45, 7) is 9.28. The van der Waals surface area contributed by atoms with Crippen molar-refractivity contribution in [3.63, 3.8) is 0 Å². The number of aromatic nitrogens is 2. The summed E-state index contributed by atoms with van der Waals surface area (Å²) in [7, 11) is 1.71. The maximum Gasteiger partial charge on any atom is 0.261 e. The van der Waals surface area contributed by atoms with Gasteiger partial charge < -0.3 is 23.9 Å². The number of hydrogen-bond donors (Lipinski definition) is 1. The van der Waals surface area contributed by atoms with Crippen LogP contribution in [-0.2, 0) is 35.8 Å². The zero-order valence-electron chi connectivity index (χ0n) is 24.8. The largest absolute Gasteiger partial charge is 0.461 e. The number of furan rings is 1. The van der Waals surface area contributed by atoms with E-state index in [1.165, 1.54) is 0 Å². The Kier molecular flexibility index (Phi) is 8.03. The highest BCUT2D eigenvalue weighted by atomic mass is 16.3. The summed E-state index contributed by atoms with van der Waals surface area (Å²) in [5.41, 5.74) is 3.08. The molecule has 5 rings (SSSR count). The summed E-state index contributed by atoms with van der Waals surface area (Å²) >= 11 is 0. The Morgan fingerprint density at radius 2 is 1.81 bits per heavy atom. The maximum absolute atomic E-state index is 13.3. The second-order valence-corrected chi connectivity index (χ2v) is 11.3. The molecule has 0 atom stereocenters. The molecule has 0 fully saturated rings. The van der Waals surface area contributed by atoms with Crippen molar-refractivity contribution < 1.29 is 19.1 Å². The molecule has 0 saturated carbocycles. The van der Waals surface area contributed by atoms with Crippen molar-refractivity contribution in [3.8, 4) is 0 Å². The lowest BCUT2D eigenvalue weighted by Crippen LogP contribution is -2.47. The van der Waals surface area contributed by atoms with Crippen molar-refractivity contribution in [1.29, 1.82) is 0 Å². The summed E-state index contributed by atoms with van der Waals surface area (Å²) in [5, 5.41) is 10.4. The van der Waals surface area contributed by atoms with E-state index >= 15 is 0 Å². The molecule has 2 amide bonds. The number of aliphatic hydroxyl groups excluding tert-OH is 1. The molecule has 0 aliphatic carbocycles. The number of fused-ring (bicyclic) bond motifs is 2. The molecule has 1 aliphatic rings. The number of aliphatic hydroxyl groups is 1. The third kappa shape index (κ3) is 5.35. The van der Waals surface area contributed by atoms with Crippen LogP contribution in [0.4, 0.5) is 11.4 Å². The van der Waals surface area contributed by atoms with Crippen LogP contribution in [0.1, 0.15) is 43.4 Å². The van der Waals surface area contributed by atoms with Gasteiger partial charge >= 0.3 is 0 Å². The summed E-state index contributed by atoms with van der Waals surface area (Å²) in [5.74, 6) is 0.206. The highest BCUT2D eigenvalue weighted by Gasteiger charge is 2.45. The van der Waals surface area contributed by atoms with Crippen LogP contribution in [0.2, 0.25) is 0 Å². The van der Waals surface area contributed by atoms with E-state index in [1.54, 1.807) is 59.8 Å². The van der Waals surface area contributed by atoms with Gasteiger partial charge in [0.25, 0.3) is 5.56 Å². The van der Waals surface area contributed by atoms with Crippen molar-refractivity contribution in [2.45, 2.75) is 53.9 Å². The van der Waals surface area contributed by atoms with E-state index in [4.69, 9.17) is 4.42 Å². The lowest BCUT2D eigenvalue weighted by Gasteiger charge is -2.27. The smallest absolute Gasteiger partial charge is 0.261 e. The second kappa shape index (κ2) is 11.5. The lowest BCUT2D eigenvalue weighted by atomic mass is 9.90.